The van der Waals surface area contributed by atoms with Crippen molar-refractivity contribution in [1.29, 1.82) is 0 Å². The Balaban J connectivity index is 1.38. The van der Waals surface area contributed by atoms with Gasteiger partial charge in [-0.05, 0) is 36.6 Å². The fourth-order valence-corrected chi connectivity index (χ4v) is 6.18. The van der Waals surface area contributed by atoms with E-state index in [4.69, 9.17) is 22.1 Å². The van der Waals surface area contributed by atoms with Crippen LogP contribution in [-0.4, -0.2) is 55.3 Å². The normalized spacial score (nSPS) is 17.3. The molecule has 1 saturated heterocycles. The van der Waals surface area contributed by atoms with Crippen molar-refractivity contribution in [1.82, 2.24) is 14.1 Å². The Morgan fingerprint density at radius 2 is 1.77 bits per heavy atom. The molecule has 0 bridgehead atoms. The van der Waals surface area contributed by atoms with Crippen LogP contribution >= 0.6 is 11.6 Å². The van der Waals surface area contributed by atoms with Gasteiger partial charge >= 0.3 is 5.56 Å². The highest BCUT2D eigenvalue weighted by molar-refractivity contribution is 7.88. The van der Waals surface area contributed by atoms with Gasteiger partial charge < -0.3 is 15.4 Å². The number of ether oxygens (including phenoxy) is 1. The molecule has 0 atom stereocenters. The molecule has 2 N–H and O–H groups in total. The zero-order chi connectivity index (χ0) is 27.9. The summed E-state index contributed by atoms with van der Waals surface area (Å²) >= 11 is 6.04. The fourth-order valence-electron chi connectivity index (χ4n) is 4.44. The largest absolute Gasteiger partial charge is 0.486 e. The minimum atomic E-state index is -3.69. The molecule has 5 rings (SSSR count). The molecule has 39 heavy (non-hydrogen) atoms. The second-order valence-electron chi connectivity index (χ2n) is 10.3. The number of anilines is 2. The summed E-state index contributed by atoms with van der Waals surface area (Å²) in [7, 11) is -3.69. The number of benzene rings is 2. The summed E-state index contributed by atoms with van der Waals surface area (Å²) < 4.78 is 62.2. The van der Waals surface area contributed by atoms with Gasteiger partial charge in [-0.25, -0.2) is 17.2 Å². The van der Waals surface area contributed by atoms with Gasteiger partial charge in [0.1, 0.15) is 17.3 Å². The Kier molecular flexibility index (Phi) is 7.29. The van der Waals surface area contributed by atoms with Crippen LogP contribution in [0, 0.1) is 17.0 Å². The van der Waals surface area contributed by atoms with Crippen LogP contribution in [0.25, 0.3) is 5.69 Å². The maximum absolute atomic E-state index is 13.9. The molecule has 3 aromatic rings. The summed E-state index contributed by atoms with van der Waals surface area (Å²) in [6.07, 6.45) is 3.33. The Morgan fingerprint density at radius 3 is 2.41 bits per heavy atom. The van der Waals surface area contributed by atoms with E-state index in [-0.39, 0.29) is 54.5 Å². The van der Waals surface area contributed by atoms with Gasteiger partial charge in [-0.1, -0.05) is 30.7 Å². The lowest BCUT2D eigenvalue weighted by Crippen LogP contribution is -2.49. The maximum Gasteiger partial charge on any atom is 0.316 e. The second-order valence-corrected chi connectivity index (χ2v) is 12.6. The van der Waals surface area contributed by atoms with Crippen LogP contribution in [0.5, 0.6) is 5.75 Å². The van der Waals surface area contributed by atoms with Crippen LogP contribution < -0.4 is 20.9 Å². The van der Waals surface area contributed by atoms with E-state index >= 15 is 0 Å². The van der Waals surface area contributed by atoms with Crippen molar-refractivity contribution in [2.24, 2.45) is 5.41 Å². The Morgan fingerprint density at radius 1 is 1.10 bits per heavy atom. The van der Waals surface area contributed by atoms with E-state index in [9.17, 15) is 22.0 Å². The van der Waals surface area contributed by atoms with E-state index in [1.807, 2.05) is 11.8 Å². The number of halogens is 3. The standard InChI is InChI=1S/C26H28ClF2N5O4S/c1-26(5-6-26)16-38-24-22(14-31-34(25(24)35)20-12-18(28)11-19(29)13-20)32-7-9-33(10-8-32)39(36,37)15-17-3-2-4-21(27)23(17)30/h2-4,11-14H,5-10,15-16,30H2,1H3. The number of nitrogen functional groups attached to an aromatic ring is 1. The van der Waals surface area contributed by atoms with E-state index in [0.29, 0.717) is 28.9 Å². The van der Waals surface area contributed by atoms with Gasteiger partial charge in [0.2, 0.25) is 15.8 Å². The van der Waals surface area contributed by atoms with Crippen LogP contribution in [0.2, 0.25) is 5.02 Å². The minimum absolute atomic E-state index is 0.00537. The number of nitrogens with zero attached hydrogens (tertiary/aromatic N) is 4. The quantitative estimate of drug-likeness (QED) is 0.406. The van der Waals surface area contributed by atoms with Crippen molar-refractivity contribution in [2.75, 3.05) is 43.4 Å². The first-order valence-electron chi connectivity index (χ1n) is 12.4. The molecular formula is C26H28ClF2N5O4S. The third-order valence-electron chi connectivity index (χ3n) is 7.13. The van der Waals surface area contributed by atoms with Crippen LogP contribution in [0.1, 0.15) is 25.3 Å². The van der Waals surface area contributed by atoms with Crippen molar-refractivity contribution < 1.29 is 21.9 Å². The highest BCUT2D eigenvalue weighted by atomic mass is 35.5. The van der Waals surface area contributed by atoms with Gasteiger partial charge in [-0.3, -0.25) is 4.79 Å². The van der Waals surface area contributed by atoms with E-state index in [0.717, 1.165) is 29.7 Å². The van der Waals surface area contributed by atoms with Crippen LogP contribution in [0.4, 0.5) is 20.2 Å². The number of hydrogen-bond donors (Lipinski definition) is 1. The Labute approximate surface area is 229 Å². The van der Waals surface area contributed by atoms with Crippen molar-refractivity contribution >= 4 is 33.0 Å². The zero-order valence-corrected chi connectivity index (χ0v) is 22.8. The average Bonchev–Trinajstić information content (AvgIpc) is 3.62. The topological polar surface area (TPSA) is 111 Å². The zero-order valence-electron chi connectivity index (χ0n) is 21.2. The highest BCUT2D eigenvalue weighted by Gasteiger charge is 2.39. The first kappa shape index (κ1) is 27.4. The fraction of sp³-hybridized carbons (Fsp3) is 0.385. The van der Waals surface area contributed by atoms with E-state index < -0.39 is 27.2 Å². The number of hydrogen-bond acceptors (Lipinski definition) is 7. The van der Waals surface area contributed by atoms with Crippen molar-refractivity contribution in [3.8, 4) is 11.4 Å². The van der Waals surface area contributed by atoms with Crippen molar-refractivity contribution in [3.63, 3.8) is 0 Å². The maximum atomic E-state index is 13.9. The molecule has 2 aliphatic rings. The molecule has 0 amide bonds. The number of para-hydroxylation sites is 1. The van der Waals surface area contributed by atoms with Crippen LogP contribution in [-0.2, 0) is 15.8 Å². The predicted molar refractivity (Wildman–Crippen MR) is 145 cm³/mol. The Hall–Kier alpha value is -3.22. The summed E-state index contributed by atoms with van der Waals surface area (Å²) in [6.45, 7) is 3.22. The Bertz CT molecular complexity index is 1550. The highest BCUT2D eigenvalue weighted by Crippen LogP contribution is 2.45. The van der Waals surface area contributed by atoms with Crippen LogP contribution in [0.3, 0.4) is 0 Å². The summed E-state index contributed by atoms with van der Waals surface area (Å²) in [5, 5.41) is 4.45. The summed E-state index contributed by atoms with van der Waals surface area (Å²) in [5.74, 6) is -1.96. The number of aromatic nitrogens is 2. The third-order valence-corrected chi connectivity index (χ3v) is 9.29. The molecule has 2 fully saturated rings. The van der Waals surface area contributed by atoms with Crippen LogP contribution in [0.15, 0.2) is 47.4 Å². The molecule has 2 aromatic carbocycles. The van der Waals surface area contributed by atoms with Gasteiger partial charge in [0.25, 0.3) is 0 Å². The molecule has 1 aliphatic carbocycles. The summed E-state index contributed by atoms with van der Waals surface area (Å²) in [5.41, 5.74) is 6.25. The molecular weight excluding hydrogens is 552 g/mol. The van der Waals surface area contributed by atoms with Gasteiger partial charge in [-0.15, -0.1) is 0 Å². The predicted octanol–water partition coefficient (Wildman–Crippen LogP) is 3.58. The first-order chi connectivity index (χ1) is 18.5. The summed E-state index contributed by atoms with van der Waals surface area (Å²) in [4.78, 5) is 15.3. The van der Waals surface area contributed by atoms with E-state index in [1.54, 1.807) is 18.2 Å². The molecule has 208 valence electrons. The number of sulfonamides is 1. The molecule has 1 aliphatic heterocycles. The van der Waals surface area contributed by atoms with Gasteiger partial charge in [0.05, 0.1) is 35.0 Å². The summed E-state index contributed by atoms with van der Waals surface area (Å²) in [6, 6.07) is 7.62. The molecule has 0 spiro atoms. The third kappa shape index (κ3) is 5.87. The van der Waals surface area contributed by atoms with Crippen molar-refractivity contribution in [3.05, 3.63) is 75.2 Å². The molecule has 9 nitrogen and oxygen atoms in total. The minimum Gasteiger partial charge on any atom is -0.486 e. The lowest BCUT2D eigenvalue weighted by molar-refractivity contribution is 0.242. The SMILES string of the molecule is CC1(COc2c(N3CCN(S(=O)(=O)Cc4cccc(Cl)c4N)CC3)cnn(-c3cc(F)cc(F)c3)c2=O)CC1. The smallest absolute Gasteiger partial charge is 0.316 e. The molecule has 13 heteroatoms. The second kappa shape index (κ2) is 10.4. The number of nitrogens with two attached hydrogens (primary N) is 1. The molecule has 0 radical (unpaired) electrons. The first-order valence-corrected chi connectivity index (χ1v) is 14.4. The number of piperazine rings is 1. The molecule has 1 saturated carbocycles. The number of rotatable bonds is 8. The lowest BCUT2D eigenvalue weighted by atomic mass is 10.2. The monoisotopic (exact) mass is 579 g/mol. The lowest BCUT2D eigenvalue weighted by Gasteiger charge is -2.36. The van der Waals surface area contributed by atoms with E-state index in [1.165, 1.54) is 10.5 Å². The van der Waals surface area contributed by atoms with Gasteiger partial charge in [0.15, 0.2) is 0 Å². The van der Waals surface area contributed by atoms with E-state index in [2.05, 4.69) is 5.10 Å². The molecule has 1 aromatic heterocycles. The molecule has 0 unspecified atom stereocenters. The van der Waals surface area contributed by atoms with Crippen molar-refractivity contribution in [2.45, 2.75) is 25.5 Å². The van der Waals surface area contributed by atoms with Gasteiger partial charge in [0, 0.05) is 37.7 Å². The average molecular weight is 580 g/mol. The van der Waals surface area contributed by atoms with Gasteiger partial charge in [-0.2, -0.15) is 14.1 Å². The molecule has 2 heterocycles.